The molecule has 1 amide bonds. The second-order valence-corrected chi connectivity index (χ2v) is 5.96. The molecule has 0 aliphatic heterocycles. The van der Waals surface area contributed by atoms with Crippen LogP contribution in [0.5, 0.6) is 0 Å². The van der Waals surface area contributed by atoms with Gasteiger partial charge in [-0.25, -0.2) is 0 Å². The summed E-state index contributed by atoms with van der Waals surface area (Å²) in [7, 11) is 0. The third kappa shape index (κ3) is 6.25. The second kappa shape index (κ2) is 9.11. The highest BCUT2D eigenvalue weighted by Crippen LogP contribution is 2.16. The summed E-state index contributed by atoms with van der Waals surface area (Å²) in [5, 5.41) is 6.31. The lowest BCUT2D eigenvalue weighted by atomic mass is 10.1. The molecule has 2 rings (SSSR count). The van der Waals surface area contributed by atoms with Gasteiger partial charge < -0.3 is 10.6 Å². The molecule has 0 radical (unpaired) electrons. The van der Waals surface area contributed by atoms with Gasteiger partial charge in [0, 0.05) is 18.7 Å². The molecule has 0 aromatic heterocycles. The van der Waals surface area contributed by atoms with Crippen LogP contribution >= 0.6 is 0 Å². The maximum Gasteiger partial charge on any atom is 0.225 e. The van der Waals surface area contributed by atoms with Crippen LogP contribution < -0.4 is 10.6 Å². The van der Waals surface area contributed by atoms with Crippen molar-refractivity contribution in [3.63, 3.8) is 0 Å². The lowest BCUT2D eigenvalue weighted by Crippen LogP contribution is -2.23. The van der Waals surface area contributed by atoms with E-state index in [4.69, 9.17) is 0 Å². The highest BCUT2D eigenvalue weighted by Gasteiger charge is 2.04. The molecule has 0 unspecified atom stereocenters. The average molecular weight is 310 g/mol. The van der Waals surface area contributed by atoms with Crippen molar-refractivity contribution in [2.24, 2.45) is 0 Å². The number of hydrogen-bond donors (Lipinski definition) is 2. The number of amides is 1. The Balaban J connectivity index is 1.59. The first-order valence-electron chi connectivity index (χ1n) is 8.27. The Kier molecular flexibility index (Phi) is 6.82. The predicted molar refractivity (Wildman–Crippen MR) is 96.8 cm³/mol. The standard InChI is InChI=1S/C20H26N2O/c1-16-10-11-19(17(2)15-16)22-20(23)12-14-21-13-6-9-18-7-4-3-5-8-18/h3-5,7-8,10-11,15,21H,6,9,12-14H2,1-2H3,(H,22,23). The monoisotopic (exact) mass is 310 g/mol. The molecule has 0 spiro atoms. The maximum atomic E-state index is 12.0. The SMILES string of the molecule is Cc1ccc(NC(=O)CCNCCCc2ccccc2)c(C)c1. The number of carbonyl (C=O) groups excluding carboxylic acids is 1. The van der Waals surface area contributed by atoms with Gasteiger partial charge in [-0.3, -0.25) is 4.79 Å². The summed E-state index contributed by atoms with van der Waals surface area (Å²) in [6.07, 6.45) is 2.66. The zero-order valence-electron chi connectivity index (χ0n) is 14.1. The van der Waals surface area contributed by atoms with Crippen molar-refractivity contribution in [1.82, 2.24) is 5.32 Å². The summed E-state index contributed by atoms with van der Waals surface area (Å²) in [5.41, 5.74) is 4.58. The van der Waals surface area contributed by atoms with Gasteiger partial charge in [0.15, 0.2) is 0 Å². The van der Waals surface area contributed by atoms with Crippen molar-refractivity contribution < 1.29 is 4.79 Å². The molecule has 0 bridgehead atoms. The summed E-state index contributed by atoms with van der Waals surface area (Å²) in [6.45, 7) is 5.72. The van der Waals surface area contributed by atoms with Crippen LogP contribution in [0.1, 0.15) is 29.5 Å². The topological polar surface area (TPSA) is 41.1 Å². The van der Waals surface area contributed by atoms with E-state index < -0.39 is 0 Å². The van der Waals surface area contributed by atoms with Gasteiger partial charge in [0.05, 0.1) is 0 Å². The molecule has 0 aliphatic rings. The molecule has 2 aromatic carbocycles. The van der Waals surface area contributed by atoms with E-state index in [1.807, 2.05) is 25.1 Å². The van der Waals surface area contributed by atoms with Crippen molar-refractivity contribution in [3.05, 3.63) is 65.2 Å². The Bertz CT molecular complexity index is 623. The fourth-order valence-electron chi connectivity index (χ4n) is 2.56. The molecule has 0 heterocycles. The van der Waals surface area contributed by atoms with E-state index >= 15 is 0 Å². The Hall–Kier alpha value is -2.13. The van der Waals surface area contributed by atoms with Gasteiger partial charge in [-0.15, -0.1) is 0 Å². The van der Waals surface area contributed by atoms with E-state index in [0.29, 0.717) is 13.0 Å². The lowest BCUT2D eigenvalue weighted by Gasteiger charge is -2.09. The van der Waals surface area contributed by atoms with Crippen LogP contribution in [0.4, 0.5) is 5.69 Å². The van der Waals surface area contributed by atoms with E-state index in [0.717, 1.165) is 30.6 Å². The first-order chi connectivity index (χ1) is 11.1. The lowest BCUT2D eigenvalue weighted by molar-refractivity contribution is -0.116. The molecule has 0 aliphatic carbocycles. The van der Waals surface area contributed by atoms with Crippen LogP contribution in [0.25, 0.3) is 0 Å². The van der Waals surface area contributed by atoms with Crippen LogP contribution in [0.15, 0.2) is 48.5 Å². The number of rotatable bonds is 8. The first-order valence-corrected chi connectivity index (χ1v) is 8.27. The van der Waals surface area contributed by atoms with E-state index in [1.54, 1.807) is 0 Å². The van der Waals surface area contributed by atoms with Crippen molar-refractivity contribution >= 4 is 11.6 Å². The normalized spacial score (nSPS) is 10.5. The minimum absolute atomic E-state index is 0.0625. The summed E-state index contributed by atoms with van der Waals surface area (Å²) < 4.78 is 0. The molecular weight excluding hydrogens is 284 g/mol. The summed E-state index contributed by atoms with van der Waals surface area (Å²) >= 11 is 0. The van der Waals surface area contributed by atoms with Crippen LogP contribution in [0.2, 0.25) is 0 Å². The number of nitrogens with one attached hydrogen (secondary N) is 2. The van der Waals surface area contributed by atoms with Crippen molar-refractivity contribution in [2.75, 3.05) is 18.4 Å². The van der Waals surface area contributed by atoms with Crippen molar-refractivity contribution in [3.8, 4) is 0 Å². The molecule has 23 heavy (non-hydrogen) atoms. The van der Waals surface area contributed by atoms with Gasteiger partial charge in [-0.1, -0.05) is 48.0 Å². The van der Waals surface area contributed by atoms with Gasteiger partial charge in [-0.2, -0.15) is 0 Å². The number of carbonyl (C=O) groups is 1. The number of benzene rings is 2. The molecular formula is C20H26N2O. The number of anilines is 1. The minimum Gasteiger partial charge on any atom is -0.326 e. The van der Waals surface area contributed by atoms with E-state index in [1.165, 1.54) is 11.1 Å². The molecule has 122 valence electrons. The summed E-state index contributed by atoms with van der Waals surface area (Å²) in [6, 6.07) is 16.5. The third-order valence-corrected chi connectivity index (χ3v) is 3.85. The predicted octanol–water partition coefficient (Wildman–Crippen LogP) is 3.85. The van der Waals surface area contributed by atoms with Crippen LogP contribution in [0, 0.1) is 13.8 Å². The number of hydrogen-bond acceptors (Lipinski definition) is 2. The third-order valence-electron chi connectivity index (χ3n) is 3.85. The zero-order chi connectivity index (χ0) is 16.5. The van der Waals surface area contributed by atoms with Gasteiger partial charge in [0.1, 0.15) is 0 Å². The second-order valence-electron chi connectivity index (χ2n) is 5.96. The highest BCUT2D eigenvalue weighted by atomic mass is 16.1. The fourth-order valence-corrected chi connectivity index (χ4v) is 2.56. The van der Waals surface area contributed by atoms with Crippen LogP contribution in [-0.4, -0.2) is 19.0 Å². The smallest absolute Gasteiger partial charge is 0.225 e. The van der Waals surface area contributed by atoms with Gasteiger partial charge in [0.2, 0.25) is 5.91 Å². The Morgan fingerprint density at radius 1 is 1.00 bits per heavy atom. The zero-order valence-corrected chi connectivity index (χ0v) is 14.1. The molecule has 3 nitrogen and oxygen atoms in total. The van der Waals surface area contributed by atoms with E-state index in [9.17, 15) is 4.79 Å². The minimum atomic E-state index is 0.0625. The van der Waals surface area contributed by atoms with Gasteiger partial charge in [0.25, 0.3) is 0 Å². The molecule has 0 fully saturated rings. The molecule has 2 N–H and O–H groups in total. The number of aryl methyl sites for hydroxylation is 3. The largest absolute Gasteiger partial charge is 0.326 e. The fraction of sp³-hybridized carbons (Fsp3) is 0.350. The highest BCUT2D eigenvalue weighted by molar-refractivity contribution is 5.91. The Morgan fingerprint density at radius 3 is 2.52 bits per heavy atom. The van der Waals surface area contributed by atoms with Crippen LogP contribution in [0.3, 0.4) is 0 Å². The van der Waals surface area contributed by atoms with Crippen molar-refractivity contribution in [1.29, 1.82) is 0 Å². The summed E-state index contributed by atoms with van der Waals surface area (Å²) in [4.78, 5) is 12.0. The summed E-state index contributed by atoms with van der Waals surface area (Å²) in [5.74, 6) is 0.0625. The first kappa shape index (κ1) is 17.2. The average Bonchev–Trinajstić information content (AvgIpc) is 2.54. The molecule has 3 heteroatoms. The maximum absolute atomic E-state index is 12.0. The van der Waals surface area contributed by atoms with Gasteiger partial charge >= 0.3 is 0 Å². The van der Waals surface area contributed by atoms with Crippen LogP contribution in [-0.2, 0) is 11.2 Å². The molecule has 0 saturated carbocycles. The quantitative estimate of drug-likeness (QED) is 0.727. The molecule has 2 aromatic rings. The molecule has 0 saturated heterocycles. The van der Waals surface area contributed by atoms with Gasteiger partial charge in [-0.05, 0) is 50.4 Å². The van der Waals surface area contributed by atoms with E-state index in [-0.39, 0.29) is 5.91 Å². The Morgan fingerprint density at radius 2 is 1.78 bits per heavy atom. The molecule has 0 atom stereocenters. The van der Waals surface area contributed by atoms with E-state index in [2.05, 4.69) is 47.9 Å². The van der Waals surface area contributed by atoms with Crippen molar-refractivity contribution in [2.45, 2.75) is 33.1 Å². The Labute approximate surface area is 139 Å².